The Morgan fingerprint density at radius 2 is 1.68 bits per heavy atom. The van der Waals surface area contributed by atoms with Crippen molar-refractivity contribution in [2.24, 2.45) is 4.99 Å². The maximum Gasteiger partial charge on any atom is 0.407 e. The van der Waals surface area contributed by atoms with E-state index in [1.54, 1.807) is 4.90 Å². The van der Waals surface area contributed by atoms with Crippen LogP contribution in [0.2, 0.25) is 0 Å². The minimum absolute atomic E-state index is 0.171. The Morgan fingerprint density at radius 3 is 2.26 bits per heavy atom. The smallest absolute Gasteiger partial charge is 0.331 e. The van der Waals surface area contributed by atoms with Crippen molar-refractivity contribution in [3.8, 4) is 0 Å². The Kier molecular flexibility index (Phi) is 6.67. The number of alkyl halides is 3. The van der Waals surface area contributed by atoms with Gasteiger partial charge >= 0.3 is 6.18 Å². The summed E-state index contributed by atoms with van der Waals surface area (Å²) in [6.07, 6.45) is -2.39. The van der Waals surface area contributed by atoms with Crippen LogP contribution in [0.4, 0.5) is 35.9 Å². The van der Waals surface area contributed by atoms with Crippen molar-refractivity contribution in [1.29, 1.82) is 0 Å². The predicted octanol–water partition coefficient (Wildman–Crippen LogP) is 7.89. The molecule has 5 nitrogen and oxygen atoms in total. The van der Waals surface area contributed by atoms with E-state index in [1.165, 1.54) is 12.1 Å². The number of anilines is 3. The maximum absolute atomic E-state index is 13.9. The highest BCUT2D eigenvalue weighted by atomic mass is 32.1. The van der Waals surface area contributed by atoms with E-state index < -0.39 is 23.0 Å². The summed E-state index contributed by atoms with van der Waals surface area (Å²) in [6.45, 7) is 9.20. The van der Waals surface area contributed by atoms with Gasteiger partial charge in [-0.3, -0.25) is 4.90 Å². The Bertz CT molecular complexity index is 1470. The molecule has 0 unspecified atom stereocenters. The summed E-state index contributed by atoms with van der Waals surface area (Å²) in [5.41, 5.74) is 0.667. The van der Waals surface area contributed by atoms with E-state index in [1.807, 2.05) is 66.4 Å². The van der Waals surface area contributed by atoms with Gasteiger partial charge < -0.3 is 10.2 Å². The Labute approximate surface area is 229 Å². The lowest BCUT2D eigenvalue weighted by molar-refractivity contribution is -0.136. The number of hydrogen-bond donors (Lipinski definition) is 1. The van der Waals surface area contributed by atoms with Crippen LogP contribution in [-0.2, 0) is 6.18 Å². The number of amidine groups is 1. The van der Waals surface area contributed by atoms with Crippen LogP contribution < -0.4 is 15.1 Å². The molecule has 1 saturated heterocycles. The second-order valence-electron chi connectivity index (χ2n) is 9.22. The van der Waals surface area contributed by atoms with E-state index >= 15 is 0 Å². The molecular formula is C28H22F3N5S2. The van der Waals surface area contributed by atoms with Gasteiger partial charge in [0.2, 0.25) is 0 Å². The number of thiocarbonyl (C=S) groups is 2. The van der Waals surface area contributed by atoms with Crippen molar-refractivity contribution in [2.45, 2.75) is 37.9 Å². The van der Waals surface area contributed by atoms with Gasteiger partial charge in [-0.25, -0.2) is 9.84 Å². The molecule has 2 aliphatic rings. The topological polar surface area (TPSA) is 35.2 Å². The minimum Gasteiger partial charge on any atom is -0.331 e. The van der Waals surface area contributed by atoms with Crippen LogP contribution in [0.25, 0.3) is 4.85 Å². The number of benzene rings is 3. The number of aryl methyl sites for hydroxylation is 1. The third-order valence-corrected chi connectivity index (χ3v) is 7.37. The fourth-order valence-electron chi connectivity index (χ4n) is 4.84. The van der Waals surface area contributed by atoms with E-state index in [9.17, 15) is 13.2 Å². The lowest BCUT2D eigenvalue weighted by Gasteiger charge is -2.44. The molecule has 2 fully saturated rings. The monoisotopic (exact) mass is 549 g/mol. The van der Waals surface area contributed by atoms with E-state index in [0.717, 1.165) is 29.4 Å². The number of nitrogens with zero attached hydrogens (tertiary/aromatic N) is 4. The molecule has 0 atom stereocenters. The summed E-state index contributed by atoms with van der Waals surface area (Å²) >= 11 is 11.5. The second-order valence-corrected chi connectivity index (χ2v) is 9.97. The highest BCUT2D eigenvalue weighted by molar-refractivity contribution is 7.81. The molecular weight excluding hydrogens is 527 g/mol. The molecule has 1 aliphatic carbocycles. The first-order valence-electron chi connectivity index (χ1n) is 11.9. The molecule has 0 bridgehead atoms. The van der Waals surface area contributed by atoms with Crippen molar-refractivity contribution in [2.75, 3.05) is 15.1 Å². The molecule has 192 valence electrons. The molecule has 3 aromatic rings. The van der Waals surface area contributed by atoms with E-state index in [-0.39, 0.29) is 10.8 Å². The van der Waals surface area contributed by atoms with Gasteiger partial charge in [-0.15, -0.1) is 0 Å². The fourth-order valence-corrected chi connectivity index (χ4v) is 5.51. The third-order valence-electron chi connectivity index (χ3n) is 6.81. The van der Waals surface area contributed by atoms with Gasteiger partial charge in [0.25, 0.3) is 0 Å². The van der Waals surface area contributed by atoms with Crippen molar-refractivity contribution in [3.63, 3.8) is 0 Å². The van der Waals surface area contributed by atoms with Crippen LogP contribution in [0.3, 0.4) is 0 Å². The van der Waals surface area contributed by atoms with Gasteiger partial charge in [-0.2, -0.15) is 13.2 Å². The molecule has 1 heterocycles. The number of hydrogen-bond acceptors (Lipinski definition) is 2. The van der Waals surface area contributed by atoms with Gasteiger partial charge in [0.1, 0.15) is 11.4 Å². The van der Waals surface area contributed by atoms with E-state index in [2.05, 4.69) is 10.2 Å². The number of halogens is 3. The summed E-state index contributed by atoms with van der Waals surface area (Å²) in [7, 11) is 0. The van der Waals surface area contributed by atoms with Crippen LogP contribution in [-0.4, -0.2) is 21.6 Å². The second kappa shape index (κ2) is 9.82. The summed E-state index contributed by atoms with van der Waals surface area (Å²) in [6, 6.07) is 20.8. The average molecular weight is 550 g/mol. The fraction of sp³-hybridized carbons (Fsp3) is 0.214. The average Bonchev–Trinajstić information content (AvgIpc) is 3.12. The number of aliphatic imine (C=N–C) groups is 1. The van der Waals surface area contributed by atoms with Crippen molar-refractivity contribution in [1.82, 2.24) is 0 Å². The first-order valence-corrected chi connectivity index (χ1v) is 12.7. The standard InChI is InChI=1S/C28H22F3N5S2/c1-18-9-11-20(12-10-18)36-26(38)35(21-13-14-23(32-2)22(17-21)28(29,30)31)24(27(36)15-6-16-27)34-25(37)33-19-7-4-3-5-8-19/h3-5,7-14,17H,6,15-16H2,1H3,(H,33,37). The highest BCUT2D eigenvalue weighted by Gasteiger charge is 2.58. The Hall–Kier alpha value is -3.81. The molecule has 1 spiro atoms. The molecule has 0 radical (unpaired) electrons. The normalized spacial score (nSPS) is 17.4. The van der Waals surface area contributed by atoms with Crippen LogP contribution in [0.5, 0.6) is 0 Å². The summed E-state index contributed by atoms with van der Waals surface area (Å²) in [5, 5.41) is 3.57. The molecule has 1 N–H and O–H groups in total. The van der Waals surface area contributed by atoms with Gasteiger partial charge in [0.05, 0.1) is 12.1 Å². The van der Waals surface area contributed by atoms with E-state index in [0.29, 0.717) is 23.8 Å². The van der Waals surface area contributed by atoms with Crippen molar-refractivity contribution < 1.29 is 13.2 Å². The summed E-state index contributed by atoms with van der Waals surface area (Å²) in [4.78, 5) is 11.4. The number of para-hydroxylation sites is 1. The SMILES string of the molecule is [C-]#[N+]c1ccc(N2C(=S)N(c3ccc(C)cc3)C3(CCC3)C2=NC(=S)Nc2ccccc2)cc1C(F)(F)F. The molecule has 0 amide bonds. The largest absolute Gasteiger partial charge is 0.407 e. The van der Waals surface area contributed by atoms with E-state index in [4.69, 9.17) is 36.0 Å². The quantitative estimate of drug-likeness (QED) is 0.266. The van der Waals surface area contributed by atoms with Gasteiger partial charge in [-0.1, -0.05) is 42.0 Å². The zero-order valence-corrected chi connectivity index (χ0v) is 21.9. The molecule has 1 aliphatic heterocycles. The molecule has 38 heavy (non-hydrogen) atoms. The Morgan fingerprint density at radius 1 is 1.03 bits per heavy atom. The number of rotatable bonds is 3. The van der Waals surface area contributed by atoms with Crippen molar-refractivity contribution in [3.05, 3.63) is 95.3 Å². The minimum atomic E-state index is -4.70. The third kappa shape index (κ3) is 4.52. The lowest BCUT2D eigenvalue weighted by Crippen LogP contribution is -2.55. The summed E-state index contributed by atoms with van der Waals surface area (Å²) in [5.74, 6) is 0.464. The van der Waals surface area contributed by atoms with Crippen LogP contribution in [0.15, 0.2) is 77.8 Å². The van der Waals surface area contributed by atoms with Gasteiger partial charge in [-0.05, 0) is 87.0 Å². The maximum atomic E-state index is 13.9. The molecule has 0 aromatic heterocycles. The summed E-state index contributed by atoms with van der Waals surface area (Å²) < 4.78 is 41.7. The van der Waals surface area contributed by atoms with Gasteiger partial charge in [0.15, 0.2) is 15.9 Å². The molecule has 10 heteroatoms. The first-order chi connectivity index (χ1) is 18.1. The molecule has 3 aromatic carbocycles. The highest BCUT2D eigenvalue weighted by Crippen LogP contribution is 2.49. The van der Waals surface area contributed by atoms with Crippen LogP contribution in [0, 0.1) is 13.5 Å². The van der Waals surface area contributed by atoms with Gasteiger partial charge in [0, 0.05) is 17.1 Å². The zero-order valence-electron chi connectivity index (χ0n) is 20.3. The lowest BCUT2D eigenvalue weighted by atomic mass is 9.74. The van der Waals surface area contributed by atoms with Crippen LogP contribution in [0.1, 0.15) is 30.4 Å². The Balaban J connectivity index is 1.66. The molecule has 5 rings (SSSR count). The zero-order chi connectivity index (χ0) is 27.1. The first kappa shape index (κ1) is 25.8. The molecule has 1 saturated carbocycles. The van der Waals surface area contributed by atoms with Crippen LogP contribution >= 0.6 is 24.4 Å². The van der Waals surface area contributed by atoms with Crippen molar-refractivity contribution >= 4 is 63.2 Å². The number of nitrogens with one attached hydrogen (secondary N) is 1. The predicted molar refractivity (Wildman–Crippen MR) is 153 cm³/mol.